The molecular formula is C8H19NO3S. The first kappa shape index (κ1) is 12.9. The third-order valence-electron chi connectivity index (χ3n) is 1.28. The molecule has 0 rings (SSSR count). The molecule has 0 radical (unpaired) electrons. The normalized spacial score (nSPS) is 12.3. The van der Waals surface area contributed by atoms with Crippen molar-refractivity contribution in [1.82, 2.24) is 4.72 Å². The van der Waals surface area contributed by atoms with E-state index in [1.165, 1.54) is 0 Å². The van der Waals surface area contributed by atoms with E-state index in [9.17, 15) is 8.42 Å². The van der Waals surface area contributed by atoms with Gasteiger partial charge < -0.3 is 4.74 Å². The van der Waals surface area contributed by atoms with Gasteiger partial charge in [0.1, 0.15) is 0 Å². The van der Waals surface area contributed by atoms with Gasteiger partial charge in [-0.15, -0.1) is 0 Å². The van der Waals surface area contributed by atoms with Crippen molar-refractivity contribution in [2.24, 2.45) is 5.92 Å². The van der Waals surface area contributed by atoms with Gasteiger partial charge in [0.05, 0.1) is 6.26 Å². The lowest BCUT2D eigenvalue weighted by molar-refractivity contribution is 0.109. The largest absolute Gasteiger partial charge is 0.381 e. The second-order valence-corrected chi connectivity index (χ2v) is 5.32. The maximum absolute atomic E-state index is 10.6. The third-order valence-corrected chi connectivity index (χ3v) is 2.01. The molecule has 0 aliphatic heterocycles. The highest BCUT2D eigenvalue weighted by molar-refractivity contribution is 7.88. The lowest BCUT2D eigenvalue weighted by atomic mass is 10.2. The molecule has 0 spiro atoms. The first-order chi connectivity index (χ1) is 5.92. The smallest absolute Gasteiger partial charge is 0.208 e. The van der Waals surface area contributed by atoms with Gasteiger partial charge in [-0.2, -0.15) is 0 Å². The van der Waals surface area contributed by atoms with Crippen LogP contribution in [0.25, 0.3) is 0 Å². The van der Waals surface area contributed by atoms with Crippen LogP contribution in [-0.4, -0.2) is 34.4 Å². The van der Waals surface area contributed by atoms with Crippen LogP contribution in [0.15, 0.2) is 0 Å². The molecule has 0 atom stereocenters. The average molecular weight is 209 g/mol. The topological polar surface area (TPSA) is 55.4 Å². The molecule has 0 amide bonds. The van der Waals surface area contributed by atoms with Crippen molar-refractivity contribution in [2.45, 2.75) is 20.3 Å². The molecule has 0 aliphatic rings. The average Bonchev–Trinajstić information content (AvgIpc) is 1.93. The van der Waals surface area contributed by atoms with Crippen LogP contribution in [-0.2, 0) is 14.8 Å². The summed E-state index contributed by atoms with van der Waals surface area (Å²) in [5, 5.41) is 0. The van der Waals surface area contributed by atoms with Crippen molar-refractivity contribution in [2.75, 3.05) is 26.0 Å². The minimum Gasteiger partial charge on any atom is -0.381 e. The molecule has 80 valence electrons. The number of hydrogen-bond acceptors (Lipinski definition) is 3. The zero-order valence-electron chi connectivity index (χ0n) is 8.54. The number of ether oxygens (including phenoxy) is 1. The van der Waals surface area contributed by atoms with E-state index in [4.69, 9.17) is 4.74 Å². The summed E-state index contributed by atoms with van der Waals surface area (Å²) in [4.78, 5) is 0. The highest BCUT2D eigenvalue weighted by Gasteiger charge is 1.98. The highest BCUT2D eigenvalue weighted by atomic mass is 32.2. The van der Waals surface area contributed by atoms with E-state index >= 15 is 0 Å². The molecule has 0 aromatic rings. The predicted octanol–water partition coefficient (Wildman–Crippen LogP) is 0.598. The first-order valence-corrected chi connectivity index (χ1v) is 6.33. The Kier molecular flexibility index (Phi) is 6.28. The molecule has 5 heteroatoms. The third kappa shape index (κ3) is 11.9. The van der Waals surface area contributed by atoms with Crippen LogP contribution in [0.1, 0.15) is 20.3 Å². The Hall–Kier alpha value is -0.130. The van der Waals surface area contributed by atoms with Crippen molar-refractivity contribution in [3.05, 3.63) is 0 Å². The molecule has 0 aromatic heterocycles. The molecule has 0 aliphatic carbocycles. The van der Waals surface area contributed by atoms with E-state index in [0.29, 0.717) is 19.1 Å². The van der Waals surface area contributed by atoms with Crippen molar-refractivity contribution in [3.8, 4) is 0 Å². The number of sulfonamides is 1. The molecule has 4 nitrogen and oxygen atoms in total. The van der Waals surface area contributed by atoms with E-state index in [2.05, 4.69) is 18.6 Å². The van der Waals surface area contributed by atoms with Gasteiger partial charge in [-0.05, 0) is 12.3 Å². The van der Waals surface area contributed by atoms with E-state index in [0.717, 1.165) is 19.3 Å². The molecule has 0 unspecified atom stereocenters. The van der Waals surface area contributed by atoms with Gasteiger partial charge in [-0.1, -0.05) is 13.8 Å². The van der Waals surface area contributed by atoms with Crippen LogP contribution in [0.4, 0.5) is 0 Å². The van der Waals surface area contributed by atoms with E-state index in [1.807, 2.05) is 0 Å². The summed E-state index contributed by atoms with van der Waals surface area (Å²) in [5.74, 6) is 0.530. The Bertz CT molecular complexity index is 211. The van der Waals surface area contributed by atoms with E-state index in [1.54, 1.807) is 0 Å². The van der Waals surface area contributed by atoms with Gasteiger partial charge in [0, 0.05) is 19.8 Å². The van der Waals surface area contributed by atoms with E-state index < -0.39 is 10.0 Å². The lowest BCUT2D eigenvalue weighted by Crippen LogP contribution is -2.24. The minimum atomic E-state index is -3.03. The van der Waals surface area contributed by atoms with Gasteiger partial charge in [-0.3, -0.25) is 0 Å². The van der Waals surface area contributed by atoms with Crippen LogP contribution >= 0.6 is 0 Å². The second kappa shape index (κ2) is 6.34. The van der Waals surface area contributed by atoms with Crippen LogP contribution in [0.2, 0.25) is 0 Å². The van der Waals surface area contributed by atoms with Gasteiger partial charge in [0.15, 0.2) is 0 Å². The number of hydrogen-bond donors (Lipinski definition) is 1. The van der Waals surface area contributed by atoms with Crippen molar-refractivity contribution < 1.29 is 13.2 Å². The monoisotopic (exact) mass is 209 g/mol. The van der Waals surface area contributed by atoms with Gasteiger partial charge >= 0.3 is 0 Å². The summed E-state index contributed by atoms with van der Waals surface area (Å²) in [7, 11) is -3.03. The Balaban J connectivity index is 3.18. The summed E-state index contributed by atoms with van der Waals surface area (Å²) < 4.78 is 28.9. The number of nitrogens with one attached hydrogen (secondary N) is 1. The van der Waals surface area contributed by atoms with E-state index in [-0.39, 0.29) is 0 Å². The summed E-state index contributed by atoms with van der Waals surface area (Å²) in [6, 6.07) is 0. The Morgan fingerprint density at radius 3 is 2.46 bits per heavy atom. The Morgan fingerprint density at radius 2 is 2.00 bits per heavy atom. The maximum atomic E-state index is 10.6. The summed E-state index contributed by atoms with van der Waals surface area (Å²) in [6.07, 6.45) is 1.88. The first-order valence-electron chi connectivity index (χ1n) is 4.44. The summed E-state index contributed by atoms with van der Waals surface area (Å²) in [6.45, 7) is 5.96. The second-order valence-electron chi connectivity index (χ2n) is 3.49. The van der Waals surface area contributed by atoms with Crippen molar-refractivity contribution >= 4 is 10.0 Å². The molecule has 0 aromatic carbocycles. The molecule has 0 saturated carbocycles. The molecule has 0 fully saturated rings. The van der Waals surface area contributed by atoms with Crippen LogP contribution in [0, 0.1) is 5.92 Å². The standard InChI is InChI=1S/C8H19NO3S/c1-8(2)7-12-6-4-5-9-13(3,10)11/h8-9H,4-7H2,1-3H3. The Morgan fingerprint density at radius 1 is 1.38 bits per heavy atom. The number of rotatable bonds is 7. The molecule has 0 bridgehead atoms. The minimum absolute atomic E-state index is 0.455. The van der Waals surface area contributed by atoms with Crippen LogP contribution < -0.4 is 4.72 Å². The molecule has 0 heterocycles. The zero-order valence-corrected chi connectivity index (χ0v) is 9.36. The maximum Gasteiger partial charge on any atom is 0.208 e. The summed E-state index contributed by atoms with van der Waals surface area (Å²) in [5.41, 5.74) is 0. The molecule has 0 saturated heterocycles. The fraction of sp³-hybridized carbons (Fsp3) is 1.00. The van der Waals surface area contributed by atoms with Gasteiger partial charge in [-0.25, -0.2) is 13.1 Å². The fourth-order valence-corrected chi connectivity index (χ4v) is 1.27. The van der Waals surface area contributed by atoms with Gasteiger partial charge in [0.2, 0.25) is 10.0 Å². The summed E-state index contributed by atoms with van der Waals surface area (Å²) >= 11 is 0. The molecule has 1 N–H and O–H groups in total. The lowest BCUT2D eigenvalue weighted by Gasteiger charge is -2.06. The zero-order chi connectivity index (χ0) is 10.3. The predicted molar refractivity (Wildman–Crippen MR) is 53.1 cm³/mol. The fourth-order valence-electron chi connectivity index (χ4n) is 0.751. The quantitative estimate of drug-likeness (QED) is 0.625. The van der Waals surface area contributed by atoms with Crippen LogP contribution in [0.3, 0.4) is 0 Å². The van der Waals surface area contributed by atoms with Crippen LogP contribution in [0.5, 0.6) is 0 Å². The Labute approximate surface area is 80.7 Å². The highest BCUT2D eigenvalue weighted by Crippen LogP contribution is 1.92. The van der Waals surface area contributed by atoms with Crippen molar-refractivity contribution in [1.29, 1.82) is 0 Å². The van der Waals surface area contributed by atoms with Crippen molar-refractivity contribution in [3.63, 3.8) is 0 Å². The molecule has 13 heavy (non-hydrogen) atoms. The molecular weight excluding hydrogens is 190 g/mol. The SMILES string of the molecule is CC(C)COCCCNS(C)(=O)=O. The van der Waals surface area contributed by atoms with Gasteiger partial charge in [0.25, 0.3) is 0 Å².